The largest absolute Gasteiger partial charge is 0.290 e. The van der Waals surface area contributed by atoms with Gasteiger partial charge in [0.25, 0.3) is 5.91 Å². The Hall–Kier alpha value is -1.17. The van der Waals surface area contributed by atoms with Crippen LogP contribution >= 0.6 is 39.1 Å². The first-order chi connectivity index (χ1) is 8.95. The van der Waals surface area contributed by atoms with Gasteiger partial charge in [-0.05, 0) is 31.2 Å². The van der Waals surface area contributed by atoms with E-state index in [1.165, 1.54) is 0 Å². The average molecular weight is 361 g/mol. The fraction of sp³-hybridized carbons (Fsp3) is 0.0833. The number of amides is 1. The number of carbonyl (C=O) groups excluding carboxylic acids is 1. The van der Waals surface area contributed by atoms with Crippen molar-refractivity contribution in [1.29, 1.82) is 0 Å². The Morgan fingerprint density at radius 3 is 2.63 bits per heavy atom. The molecule has 0 spiro atoms. The van der Waals surface area contributed by atoms with E-state index in [9.17, 15) is 4.79 Å². The fourth-order valence-electron chi connectivity index (χ4n) is 1.43. The number of halogens is 3. The fourth-order valence-corrected chi connectivity index (χ4v) is 2.43. The van der Waals surface area contributed by atoms with Crippen LogP contribution in [0, 0.1) is 6.92 Å². The highest BCUT2D eigenvalue weighted by atomic mass is 79.9. The highest BCUT2D eigenvalue weighted by molar-refractivity contribution is 9.10. The van der Waals surface area contributed by atoms with Crippen molar-refractivity contribution in [3.8, 4) is 0 Å². The summed E-state index contributed by atoms with van der Waals surface area (Å²) in [7, 11) is 0. The molecule has 2 rings (SSSR count). The highest BCUT2D eigenvalue weighted by Gasteiger charge is 2.12. The maximum Gasteiger partial charge on any atom is 0.259 e. The molecule has 1 N–H and O–H groups in total. The summed E-state index contributed by atoms with van der Waals surface area (Å²) in [6.45, 7) is 1.76. The lowest BCUT2D eigenvalue weighted by molar-refractivity contribution is 0.102. The molecule has 0 atom stereocenters. The Morgan fingerprint density at radius 1 is 1.26 bits per heavy atom. The summed E-state index contributed by atoms with van der Waals surface area (Å²) in [5, 5.41) is 3.16. The summed E-state index contributed by atoms with van der Waals surface area (Å²) in [6.07, 6.45) is 0. The number of rotatable bonds is 2. The summed E-state index contributed by atoms with van der Waals surface area (Å²) < 4.78 is 0.795. The van der Waals surface area contributed by atoms with Crippen molar-refractivity contribution in [2.24, 2.45) is 0 Å². The van der Waals surface area contributed by atoms with Crippen LogP contribution < -0.4 is 5.32 Å². The lowest BCUT2D eigenvalue weighted by atomic mass is 10.2. The quantitative estimate of drug-likeness (QED) is 0.820. The minimum Gasteiger partial charge on any atom is -0.290 e. The van der Waals surface area contributed by atoms with Gasteiger partial charge in [0.1, 0.15) is 5.15 Å². The topological polar surface area (TPSA) is 54.9 Å². The molecular weight excluding hydrogens is 353 g/mol. The van der Waals surface area contributed by atoms with Crippen LogP contribution in [0.25, 0.3) is 0 Å². The Bertz CT molecular complexity index is 629. The molecule has 0 aliphatic rings. The summed E-state index contributed by atoms with van der Waals surface area (Å²) in [5.41, 5.74) is 1.00. The van der Waals surface area contributed by atoms with Gasteiger partial charge in [0, 0.05) is 10.2 Å². The third-order valence-corrected chi connectivity index (χ3v) is 3.22. The normalized spacial score (nSPS) is 10.3. The summed E-state index contributed by atoms with van der Waals surface area (Å²) in [6, 6.07) is 6.58. The summed E-state index contributed by atoms with van der Waals surface area (Å²) >= 11 is 15.1. The summed E-state index contributed by atoms with van der Waals surface area (Å²) in [5.74, 6) is -0.242. The second-order valence-corrected chi connectivity index (χ2v) is 5.44. The van der Waals surface area contributed by atoms with E-state index in [1.54, 1.807) is 31.2 Å². The van der Waals surface area contributed by atoms with Crippen molar-refractivity contribution in [2.45, 2.75) is 6.92 Å². The third-order valence-electron chi connectivity index (χ3n) is 2.22. The van der Waals surface area contributed by atoms with Crippen LogP contribution in [0.2, 0.25) is 10.2 Å². The van der Waals surface area contributed by atoms with Crippen LogP contribution in [0.15, 0.2) is 28.7 Å². The van der Waals surface area contributed by atoms with E-state index < -0.39 is 0 Å². The lowest BCUT2D eigenvalue weighted by Crippen LogP contribution is -2.15. The maximum atomic E-state index is 12.0. The number of carbonyl (C=O) groups is 1. The van der Waals surface area contributed by atoms with Crippen molar-refractivity contribution in [3.63, 3.8) is 0 Å². The molecular formula is C12H8BrCl2N3O. The van der Waals surface area contributed by atoms with Crippen molar-refractivity contribution in [1.82, 2.24) is 9.97 Å². The van der Waals surface area contributed by atoms with Crippen molar-refractivity contribution in [3.05, 3.63) is 50.2 Å². The molecule has 1 amide bonds. The van der Waals surface area contributed by atoms with Crippen LogP contribution in [0.5, 0.6) is 0 Å². The molecule has 0 aliphatic heterocycles. The SMILES string of the molecule is Cc1cc(Cl)nc(NC(=O)c2ccc(Br)cc2Cl)n1. The van der Waals surface area contributed by atoms with E-state index in [0.29, 0.717) is 16.3 Å². The zero-order valence-corrected chi connectivity index (χ0v) is 12.8. The molecule has 7 heteroatoms. The molecule has 0 aliphatic carbocycles. The van der Waals surface area contributed by atoms with Gasteiger partial charge < -0.3 is 0 Å². The van der Waals surface area contributed by atoms with Gasteiger partial charge in [0.15, 0.2) is 0 Å². The Labute approximate surface area is 128 Å². The number of aromatic nitrogens is 2. The second kappa shape index (κ2) is 5.86. The molecule has 98 valence electrons. The van der Waals surface area contributed by atoms with Crippen LogP contribution in [0.3, 0.4) is 0 Å². The van der Waals surface area contributed by atoms with Gasteiger partial charge in [-0.3, -0.25) is 10.1 Å². The monoisotopic (exact) mass is 359 g/mol. The van der Waals surface area contributed by atoms with Crippen molar-refractivity contribution >= 4 is 51.0 Å². The van der Waals surface area contributed by atoms with Gasteiger partial charge in [0.2, 0.25) is 5.95 Å². The first kappa shape index (κ1) is 14.2. The smallest absolute Gasteiger partial charge is 0.259 e. The molecule has 19 heavy (non-hydrogen) atoms. The van der Waals surface area contributed by atoms with Crippen molar-refractivity contribution in [2.75, 3.05) is 5.32 Å². The maximum absolute atomic E-state index is 12.0. The highest BCUT2D eigenvalue weighted by Crippen LogP contribution is 2.22. The van der Waals surface area contributed by atoms with E-state index >= 15 is 0 Å². The van der Waals surface area contributed by atoms with Gasteiger partial charge in [0.05, 0.1) is 10.6 Å². The number of anilines is 1. The molecule has 0 fully saturated rings. The van der Waals surface area contributed by atoms with Crippen molar-refractivity contribution < 1.29 is 4.79 Å². The molecule has 0 saturated heterocycles. The predicted molar refractivity (Wildman–Crippen MR) is 78.9 cm³/mol. The number of hydrogen-bond acceptors (Lipinski definition) is 3. The molecule has 0 saturated carbocycles. The number of nitrogens with zero attached hydrogens (tertiary/aromatic N) is 2. The summed E-state index contributed by atoms with van der Waals surface area (Å²) in [4.78, 5) is 20.0. The molecule has 4 nitrogen and oxygen atoms in total. The van der Waals surface area contributed by atoms with Crippen LogP contribution in [-0.4, -0.2) is 15.9 Å². The number of hydrogen-bond donors (Lipinski definition) is 1. The van der Waals surface area contributed by atoms with Gasteiger partial charge in [-0.2, -0.15) is 0 Å². The first-order valence-corrected chi connectivity index (χ1v) is 6.78. The Kier molecular flexibility index (Phi) is 4.39. The standard InChI is InChI=1S/C12H8BrCl2N3O/c1-6-4-10(15)17-12(16-6)18-11(19)8-3-2-7(13)5-9(8)14/h2-5H,1H3,(H,16,17,18,19). The van der Waals surface area contributed by atoms with E-state index in [0.717, 1.165) is 4.47 Å². The predicted octanol–water partition coefficient (Wildman–Crippen LogP) is 4.11. The molecule has 0 radical (unpaired) electrons. The minimum atomic E-state index is -0.390. The van der Waals surface area contributed by atoms with E-state index in [1.807, 2.05) is 0 Å². The molecule has 0 unspecified atom stereocenters. The van der Waals surface area contributed by atoms with E-state index in [-0.39, 0.29) is 17.0 Å². The first-order valence-electron chi connectivity index (χ1n) is 5.23. The van der Waals surface area contributed by atoms with Crippen LogP contribution in [0.4, 0.5) is 5.95 Å². The average Bonchev–Trinajstić information content (AvgIpc) is 2.26. The van der Waals surface area contributed by atoms with Gasteiger partial charge >= 0.3 is 0 Å². The zero-order chi connectivity index (χ0) is 14.0. The minimum absolute atomic E-state index is 0.147. The molecule has 0 bridgehead atoms. The van der Waals surface area contributed by atoms with Crippen LogP contribution in [0.1, 0.15) is 16.1 Å². The molecule has 2 aromatic rings. The molecule has 1 aromatic heterocycles. The second-order valence-electron chi connectivity index (χ2n) is 3.73. The Balaban J connectivity index is 2.25. The van der Waals surface area contributed by atoms with Gasteiger partial charge in [-0.25, -0.2) is 9.97 Å². The van der Waals surface area contributed by atoms with Gasteiger partial charge in [-0.15, -0.1) is 0 Å². The number of nitrogens with one attached hydrogen (secondary N) is 1. The van der Waals surface area contributed by atoms with E-state index in [2.05, 4.69) is 31.2 Å². The number of benzene rings is 1. The van der Waals surface area contributed by atoms with Crippen LogP contribution in [-0.2, 0) is 0 Å². The molecule has 1 aromatic carbocycles. The Morgan fingerprint density at radius 2 is 2.00 bits per heavy atom. The molecule has 1 heterocycles. The number of aryl methyl sites for hydroxylation is 1. The van der Waals surface area contributed by atoms with E-state index in [4.69, 9.17) is 23.2 Å². The lowest BCUT2D eigenvalue weighted by Gasteiger charge is -2.06. The zero-order valence-electron chi connectivity index (χ0n) is 9.75. The third kappa shape index (κ3) is 3.65. The van der Waals surface area contributed by atoms with Gasteiger partial charge in [-0.1, -0.05) is 39.1 Å².